The molecule has 1 heterocycles. The summed E-state index contributed by atoms with van der Waals surface area (Å²) in [5.41, 5.74) is 0. The van der Waals surface area contributed by atoms with E-state index < -0.39 is 0 Å². The second-order valence-corrected chi connectivity index (χ2v) is 5.30. The average Bonchev–Trinajstić information content (AvgIpc) is 2.13. The highest BCUT2D eigenvalue weighted by Gasteiger charge is 2.36. The molecule has 2 unspecified atom stereocenters. The maximum absolute atomic E-state index is 6.07. The van der Waals surface area contributed by atoms with Gasteiger partial charge in [-0.2, -0.15) is 0 Å². The molecule has 1 N–H and O–H groups in total. The molecule has 1 aliphatic carbocycles. The van der Waals surface area contributed by atoms with Crippen molar-refractivity contribution in [3.8, 4) is 0 Å². The third kappa shape index (κ3) is 2.29. The standard InChI is InChI=1S/C12H23NO/c1-9(2)8-14-12-10-4-3-5-11(12)7-13-6-10/h9-13H,3-8H2,1-2H3. The van der Waals surface area contributed by atoms with E-state index in [1.807, 2.05) is 0 Å². The van der Waals surface area contributed by atoms with Crippen molar-refractivity contribution in [3.05, 3.63) is 0 Å². The lowest BCUT2D eigenvalue weighted by Crippen LogP contribution is -2.50. The van der Waals surface area contributed by atoms with Gasteiger partial charge in [0.25, 0.3) is 0 Å². The Morgan fingerprint density at radius 1 is 1.21 bits per heavy atom. The molecule has 0 amide bonds. The second kappa shape index (κ2) is 4.63. The summed E-state index contributed by atoms with van der Waals surface area (Å²) >= 11 is 0. The van der Waals surface area contributed by atoms with E-state index in [1.54, 1.807) is 0 Å². The number of fused-ring (bicyclic) bond motifs is 2. The van der Waals surface area contributed by atoms with Gasteiger partial charge in [0.05, 0.1) is 6.10 Å². The normalized spacial score (nSPS) is 37.5. The molecule has 14 heavy (non-hydrogen) atoms. The highest BCUT2D eigenvalue weighted by molar-refractivity contribution is 4.89. The predicted molar refractivity (Wildman–Crippen MR) is 58.3 cm³/mol. The number of rotatable bonds is 3. The highest BCUT2D eigenvalue weighted by atomic mass is 16.5. The van der Waals surface area contributed by atoms with Crippen LogP contribution < -0.4 is 5.32 Å². The van der Waals surface area contributed by atoms with Crippen LogP contribution >= 0.6 is 0 Å². The Kier molecular flexibility index (Phi) is 3.45. The Hall–Kier alpha value is -0.0800. The van der Waals surface area contributed by atoms with Gasteiger partial charge in [-0.3, -0.25) is 0 Å². The summed E-state index contributed by atoms with van der Waals surface area (Å²) in [7, 11) is 0. The van der Waals surface area contributed by atoms with E-state index in [9.17, 15) is 0 Å². The lowest BCUT2D eigenvalue weighted by Gasteiger charge is -2.42. The van der Waals surface area contributed by atoms with E-state index in [1.165, 1.54) is 32.4 Å². The third-order valence-electron chi connectivity index (χ3n) is 3.51. The SMILES string of the molecule is CC(C)COC1C2CCCC1CNC2. The zero-order valence-electron chi connectivity index (χ0n) is 9.46. The van der Waals surface area contributed by atoms with Crippen LogP contribution in [0.2, 0.25) is 0 Å². The quantitative estimate of drug-likeness (QED) is 0.747. The van der Waals surface area contributed by atoms with Crippen LogP contribution in [0.3, 0.4) is 0 Å². The monoisotopic (exact) mass is 197 g/mol. The van der Waals surface area contributed by atoms with E-state index in [2.05, 4.69) is 19.2 Å². The van der Waals surface area contributed by atoms with Gasteiger partial charge in [0.1, 0.15) is 0 Å². The molecule has 2 aliphatic rings. The Morgan fingerprint density at radius 3 is 2.43 bits per heavy atom. The summed E-state index contributed by atoms with van der Waals surface area (Å²) in [5.74, 6) is 2.26. The molecule has 0 aromatic rings. The molecule has 2 rings (SSSR count). The number of hydrogen-bond donors (Lipinski definition) is 1. The molecule has 1 saturated carbocycles. The largest absolute Gasteiger partial charge is 0.377 e. The molecule has 0 radical (unpaired) electrons. The van der Waals surface area contributed by atoms with Gasteiger partial charge < -0.3 is 10.1 Å². The van der Waals surface area contributed by atoms with Crippen molar-refractivity contribution in [3.63, 3.8) is 0 Å². The Bertz CT molecular complexity index is 159. The molecule has 0 aromatic carbocycles. The van der Waals surface area contributed by atoms with Crippen LogP contribution in [0.25, 0.3) is 0 Å². The molecule has 1 saturated heterocycles. The minimum atomic E-state index is 0.562. The molecule has 0 aromatic heterocycles. The van der Waals surface area contributed by atoms with Gasteiger partial charge in [0.2, 0.25) is 0 Å². The lowest BCUT2D eigenvalue weighted by atomic mass is 9.76. The molecular weight excluding hydrogens is 174 g/mol. The van der Waals surface area contributed by atoms with Crippen molar-refractivity contribution in [2.45, 2.75) is 39.2 Å². The van der Waals surface area contributed by atoms with Gasteiger partial charge in [0, 0.05) is 19.7 Å². The van der Waals surface area contributed by atoms with Crippen molar-refractivity contribution in [2.75, 3.05) is 19.7 Å². The zero-order valence-corrected chi connectivity index (χ0v) is 9.46. The van der Waals surface area contributed by atoms with Crippen LogP contribution in [-0.4, -0.2) is 25.8 Å². The van der Waals surface area contributed by atoms with Gasteiger partial charge in [-0.25, -0.2) is 0 Å². The molecule has 2 atom stereocenters. The number of nitrogens with one attached hydrogen (secondary N) is 1. The van der Waals surface area contributed by atoms with E-state index in [0.717, 1.165) is 18.4 Å². The highest BCUT2D eigenvalue weighted by Crippen LogP contribution is 2.33. The Balaban J connectivity index is 1.88. The fourth-order valence-electron chi connectivity index (χ4n) is 2.82. The maximum Gasteiger partial charge on any atom is 0.0655 e. The van der Waals surface area contributed by atoms with E-state index in [-0.39, 0.29) is 0 Å². The smallest absolute Gasteiger partial charge is 0.0655 e. The molecule has 2 bridgehead atoms. The van der Waals surface area contributed by atoms with Crippen molar-refractivity contribution in [1.29, 1.82) is 0 Å². The van der Waals surface area contributed by atoms with Gasteiger partial charge >= 0.3 is 0 Å². The molecule has 82 valence electrons. The van der Waals surface area contributed by atoms with E-state index in [4.69, 9.17) is 4.74 Å². The fraction of sp³-hybridized carbons (Fsp3) is 1.00. The van der Waals surface area contributed by atoms with Crippen LogP contribution in [-0.2, 0) is 4.74 Å². The number of piperidine rings is 1. The summed E-state index contributed by atoms with van der Waals surface area (Å²) in [5, 5.41) is 3.52. The summed E-state index contributed by atoms with van der Waals surface area (Å²) in [6, 6.07) is 0. The summed E-state index contributed by atoms with van der Waals surface area (Å²) in [4.78, 5) is 0. The van der Waals surface area contributed by atoms with Crippen LogP contribution in [0, 0.1) is 17.8 Å². The van der Waals surface area contributed by atoms with E-state index >= 15 is 0 Å². The van der Waals surface area contributed by atoms with Gasteiger partial charge in [-0.15, -0.1) is 0 Å². The topological polar surface area (TPSA) is 21.3 Å². The molecule has 2 nitrogen and oxygen atoms in total. The first-order valence-corrected chi connectivity index (χ1v) is 6.09. The van der Waals surface area contributed by atoms with Crippen molar-refractivity contribution in [2.24, 2.45) is 17.8 Å². The van der Waals surface area contributed by atoms with E-state index in [0.29, 0.717) is 12.0 Å². The summed E-state index contributed by atoms with van der Waals surface area (Å²) < 4.78 is 6.07. The first-order chi connectivity index (χ1) is 6.77. The molecular formula is C12H23NO. The van der Waals surface area contributed by atoms with Crippen LogP contribution in [0.15, 0.2) is 0 Å². The predicted octanol–water partition coefficient (Wildman–Crippen LogP) is 2.05. The minimum Gasteiger partial charge on any atom is -0.377 e. The van der Waals surface area contributed by atoms with Crippen molar-refractivity contribution < 1.29 is 4.74 Å². The fourth-order valence-corrected chi connectivity index (χ4v) is 2.82. The molecule has 0 spiro atoms. The molecule has 1 aliphatic heterocycles. The summed E-state index contributed by atoms with van der Waals surface area (Å²) in [6.45, 7) is 7.77. The van der Waals surface area contributed by atoms with Gasteiger partial charge in [0.15, 0.2) is 0 Å². The van der Waals surface area contributed by atoms with Crippen molar-refractivity contribution >= 4 is 0 Å². The Labute approximate surface area is 87.4 Å². The minimum absolute atomic E-state index is 0.562. The first-order valence-electron chi connectivity index (χ1n) is 6.09. The third-order valence-corrected chi connectivity index (χ3v) is 3.51. The van der Waals surface area contributed by atoms with Gasteiger partial charge in [-0.1, -0.05) is 20.3 Å². The van der Waals surface area contributed by atoms with Crippen LogP contribution in [0.5, 0.6) is 0 Å². The van der Waals surface area contributed by atoms with Gasteiger partial charge in [-0.05, 0) is 30.6 Å². The Morgan fingerprint density at radius 2 is 1.86 bits per heavy atom. The second-order valence-electron chi connectivity index (χ2n) is 5.30. The zero-order chi connectivity index (χ0) is 9.97. The van der Waals surface area contributed by atoms with Crippen LogP contribution in [0.1, 0.15) is 33.1 Å². The molecule has 2 heteroatoms. The van der Waals surface area contributed by atoms with Crippen molar-refractivity contribution in [1.82, 2.24) is 5.32 Å². The van der Waals surface area contributed by atoms with Crippen LogP contribution in [0.4, 0.5) is 0 Å². The molecule has 2 fully saturated rings. The maximum atomic E-state index is 6.07. The first kappa shape index (κ1) is 10.4. The summed E-state index contributed by atoms with van der Waals surface area (Å²) in [6.07, 6.45) is 4.71. The average molecular weight is 197 g/mol. The number of hydrogen-bond acceptors (Lipinski definition) is 2. The lowest BCUT2D eigenvalue weighted by molar-refractivity contribution is -0.0706. The number of ether oxygens (including phenoxy) is 1.